The highest BCUT2D eigenvalue weighted by atomic mass is 16.5. The second-order valence-corrected chi connectivity index (χ2v) is 5.37. The lowest BCUT2D eigenvalue weighted by Crippen LogP contribution is -2.15. The van der Waals surface area contributed by atoms with E-state index in [9.17, 15) is 9.59 Å². The summed E-state index contributed by atoms with van der Waals surface area (Å²) in [4.78, 5) is 23.5. The highest BCUT2D eigenvalue weighted by Gasteiger charge is 2.14. The van der Waals surface area contributed by atoms with Crippen molar-refractivity contribution < 1.29 is 24.2 Å². The van der Waals surface area contributed by atoms with Gasteiger partial charge in [0.15, 0.2) is 0 Å². The summed E-state index contributed by atoms with van der Waals surface area (Å²) in [6, 6.07) is 10.9. The number of carbonyl (C=O) groups excluding carboxylic acids is 1. The SMILES string of the molecule is COc1ccc(C(=O)Nc2cc(C(=O)O)ccc2OC(C)C)cc1. The van der Waals surface area contributed by atoms with Crippen molar-refractivity contribution in [2.24, 2.45) is 0 Å². The normalized spacial score (nSPS) is 10.3. The van der Waals surface area contributed by atoms with E-state index >= 15 is 0 Å². The van der Waals surface area contributed by atoms with Gasteiger partial charge in [0.1, 0.15) is 11.5 Å². The van der Waals surface area contributed by atoms with E-state index in [1.165, 1.54) is 18.2 Å². The first-order valence-electron chi connectivity index (χ1n) is 7.40. The number of anilines is 1. The second kappa shape index (κ2) is 7.50. The Morgan fingerprint density at radius 3 is 2.21 bits per heavy atom. The average Bonchev–Trinajstić information content (AvgIpc) is 2.55. The summed E-state index contributed by atoms with van der Waals surface area (Å²) in [5.41, 5.74) is 0.799. The molecular formula is C18H19NO5. The van der Waals surface area contributed by atoms with Gasteiger partial charge in [0.25, 0.3) is 5.91 Å². The van der Waals surface area contributed by atoms with E-state index in [4.69, 9.17) is 14.6 Å². The van der Waals surface area contributed by atoms with Crippen LogP contribution in [0.4, 0.5) is 5.69 Å². The van der Waals surface area contributed by atoms with Crippen LogP contribution in [0.2, 0.25) is 0 Å². The number of amides is 1. The Hall–Kier alpha value is -3.02. The number of methoxy groups -OCH3 is 1. The first kappa shape index (κ1) is 17.3. The molecule has 6 nitrogen and oxygen atoms in total. The molecule has 0 radical (unpaired) electrons. The van der Waals surface area contributed by atoms with Crippen LogP contribution in [0.5, 0.6) is 11.5 Å². The molecule has 0 saturated carbocycles. The van der Waals surface area contributed by atoms with Gasteiger partial charge in [0.05, 0.1) is 24.5 Å². The fourth-order valence-corrected chi connectivity index (χ4v) is 2.05. The molecule has 0 unspecified atom stereocenters. The first-order valence-corrected chi connectivity index (χ1v) is 7.40. The number of rotatable bonds is 6. The summed E-state index contributed by atoms with van der Waals surface area (Å²) in [5.74, 6) is -0.389. The molecule has 24 heavy (non-hydrogen) atoms. The quantitative estimate of drug-likeness (QED) is 0.848. The van der Waals surface area contributed by atoms with Gasteiger partial charge in [-0.15, -0.1) is 0 Å². The maximum atomic E-state index is 12.4. The van der Waals surface area contributed by atoms with Crippen LogP contribution in [0, 0.1) is 0 Å². The van der Waals surface area contributed by atoms with Gasteiger partial charge in [-0.25, -0.2) is 4.79 Å². The molecule has 0 aliphatic rings. The summed E-state index contributed by atoms with van der Waals surface area (Å²) in [6.07, 6.45) is -0.114. The molecule has 0 fully saturated rings. The fraction of sp³-hybridized carbons (Fsp3) is 0.222. The van der Waals surface area contributed by atoms with Crippen LogP contribution in [0.1, 0.15) is 34.6 Å². The third kappa shape index (κ3) is 4.25. The van der Waals surface area contributed by atoms with Crippen molar-refractivity contribution in [2.75, 3.05) is 12.4 Å². The van der Waals surface area contributed by atoms with Crippen LogP contribution >= 0.6 is 0 Å². The Labute approximate surface area is 140 Å². The van der Waals surface area contributed by atoms with E-state index in [1.54, 1.807) is 31.4 Å². The number of benzene rings is 2. The topological polar surface area (TPSA) is 84.9 Å². The molecule has 0 bridgehead atoms. The molecule has 2 N–H and O–H groups in total. The molecule has 2 aromatic rings. The number of carbonyl (C=O) groups is 2. The van der Waals surface area contributed by atoms with Gasteiger partial charge in [-0.2, -0.15) is 0 Å². The van der Waals surface area contributed by atoms with Crippen LogP contribution in [0.15, 0.2) is 42.5 Å². The van der Waals surface area contributed by atoms with Crippen molar-refractivity contribution >= 4 is 17.6 Å². The van der Waals surface area contributed by atoms with Crippen molar-refractivity contribution in [3.8, 4) is 11.5 Å². The second-order valence-electron chi connectivity index (χ2n) is 5.37. The average molecular weight is 329 g/mol. The van der Waals surface area contributed by atoms with Crippen LogP contribution in [-0.2, 0) is 0 Å². The van der Waals surface area contributed by atoms with Gasteiger partial charge in [0.2, 0.25) is 0 Å². The molecule has 126 valence electrons. The number of hydrogen-bond acceptors (Lipinski definition) is 4. The van der Waals surface area contributed by atoms with Gasteiger partial charge >= 0.3 is 5.97 Å². The zero-order valence-electron chi connectivity index (χ0n) is 13.7. The van der Waals surface area contributed by atoms with E-state index in [0.717, 1.165) is 0 Å². The maximum absolute atomic E-state index is 12.4. The van der Waals surface area contributed by atoms with Crippen LogP contribution in [0.3, 0.4) is 0 Å². The molecular weight excluding hydrogens is 310 g/mol. The Morgan fingerprint density at radius 1 is 1.04 bits per heavy atom. The van der Waals surface area contributed by atoms with Crippen molar-refractivity contribution in [1.29, 1.82) is 0 Å². The summed E-state index contributed by atoms with van der Waals surface area (Å²) in [5, 5.41) is 11.8. The van der Waals surface area contributed by atoms with Gasteiger partial charge in [-0.05, 0) is 56.3 Å². The number of ether oxygens (including phenoxy) is 2. The van der Waals surface area contributed by atoms with Gasteiger partial charge in [0, 0.05) is 5.56 Å². The minimum Gasteiger partial charge on any atom is -0.497 e. The lowest BCUT2D eigenvalue weighted by Gasteiger charge is -2.15. The Kier molecular flexibility index (Phi) is 5.42. The lowest BCUT2D eigenvalue weighted by atomic mass is 10.1. The molecule has 0 atom stereocenters. The molecule has 6 heteroatoms. The largest absolute Gasteiger partial charge is 0.497 e. The van der Waals surface area contributed by atoms with E-state index < -0.39 is 5.97 Å². The lowest BCUT2D eigenvalue weighted by molar-refractivity contribution is 0.0696. The van der Waals surface area contributed by atoms with E-state index in [1.807, 2.05) is 13.8 Å². The Balaban J connectivity index is 2.29. The maximum Gasteiger partial charge on any atom is 0.335 e. The third-order valence-corrected chi connectivity index (χ3v) is 3.19. The zero-order valence-corrected chi connectivity index (χ0v) is 13.7. The standard InChI is InChI=1S/C18H19NO5/c1-11(2)24-16-9-6-13(18(21)22)10-15(16)19-17(20)12-4-7-14(23-3)8-5-12/h4-11H,1-3H3,(H,19,20)(H,21,22). The van der Waals surface area contributed by atoms with Gasteiger partial charge in [-0.1, -0.05) is 0 Å². The number of nitrogens with one attached hydrogen (secondary N) is 1. The van der Waals surface area contributed by atoms with E-state index in [-0.39, 0.29) is 17.6 Å². The van der Waals surface area contributed by atoms with Crippen LogP contribution in [0.25, 0.3) is 0 Å². The number of hydrogen-bond donors (Lipinski definition) is 2. The molecule has 2 rings (SSSR count). The fourth-order valence-electron chi connectivity index (χ4n) is 2.05. The number of carboxylic acids is 1. The van der Waals surface area contributed by atoms with E-state index in [2.05, 4.69) is 5.32 Å². The van der Waals surface area contributed by atoms with Crippen molar-refractivity contribution in [3.05, 3.63) is 53.6 Å². The molecule has 0 heterocycles. The van der Waals surface area contributed by atoms with Crippen LogP contribution in [-0.4, -0.2) is 30.2 Å². The molecule has 0 aliphatic heterocycles. The van der Waals surface area contributed by atoms with Crippen molar-refractivity contribution in [1.82, 2.24) is 0 Å². The Morgan fingerprint density at radius 2 is 1.67 bits per heavy atom. The summed E-state index contributed by atoms with van der Waals surface area (Å²) in [6.45, 7) is 3.69. The van der Waals surface area contributed by atoms with E-state index in [0.29, 0.717) is 22.7 Å². The third-order valence-electron chi connectivity index (χ3n) is 3.19. The molecule has 0 aromatic heterocycles. The first-order chi connectivity index (χ1) is 11.4. The summed E-state index contributed by atoms with van der Waals surface area (Å²) in [7, 11) is 1.54. The molecule has 0 spiro atoms. The smallest absolute Gasteiger partial charge is 0.335 e. The number of carboxylic acid groups (broad SMARTS) is 1. The molecule has 0 saturated heterocycles. The molecule has 0 aliphatic carbocycles. The minimum atomic E-state index is -1.08. The predicted octanol–water partition coefficient (Wildman–Crippen LogP) is 3.43. The predicted molar refractivity (Wildman–Crippen MR) is 90.1 cm³/mol. The monoisotopic (exact) mass is 329 g/mol. The molecule has 2 aromatic carbocycles. The van der Waals surface area contributed by atoms with Gasteiger partial charge < -0.3 is 19.9 Å². The van der Waals surface area contributed by atoms with Crippen LogP contribution < -0.4 is 14.8 Å². The highest BCUT2D eigenvalue weighted by Crippen LogP contribution is 2.27. The summed E-state index contributed by atoms with van der Waals surface area (Å²) < 4.78 is 10.7. The number of aromatic carboxylic acids is 1. The highest BCUT2D eigenvalue weighted by molar-refractivity contribution is 6.05. The van der Waals surface area contributed by atoms with Gasteiger partial charge in [-0.3, -0.25) is 4.79 Å². The summed E-state index contributed by atoms with van der Waals surface area (Å²) >= 11 is 0. The van der Waals surface area contributed by atoms with Crippen molar-refractivity contribution in [3.63, 3.8) is 0 Å². The molecule has 1 amide bonds. The Bertz CT molecular complexity index is 738. The van der Waals surface area contributed by atoms with Crippen molar-refractivity contribution in [2.45, 2.75) is 20.0 Å². The zero-order chi connectivity index (χ0) is 17.7. The minimum absolute atomic E-state index is 0.0659.